The van der Waals surface area contributed by atoms with Crippen molar-refractivity contribution in [1.82, 2.24) is 0 Å². The number of esters is 1. The van der Waals surface area contributed by atoms with Gasteiger partial charge >= 0.3 is 5.97 Å². The zero-order valence-electron chi connectivity index (χ0n) is 21.3. The summed E-state index contributed by atoms with van der Waals surface area (Å²) >= 11 is 0. The number of hydrogen-bond acceptors (Lipinski definition) is 5. The minimum absolute atomic E-state index is 0.0738. The minimum Gasteiger partial charge on any atom is -0.465 e. The van der Waals surface area contributed by atoms with Crippen molar-refractivity contribution < 1.29 is 24.2 Å². The fourth-order valence-electron chi connectivity index (χ4n) is 9.47. The zero-order chi connectivity index (χ0) is 24.4. The Hall–Kier alpha value is -1.49. The average molecular weight is 459 g/mol. The highest BCUT2D eigenvalue weighted by Gasteiger charge is 2.69. The highest BCUT2D eigenvalue weighted by Crippen LogP contribution is 2.73. The fourth-order valence-corrected chi connectivity index (χ4v) is 9.47. The summed E-state index contributed by atoms with van der Waals surface area (Å²) in [5.74, 6) is -0.163. The molecule has 8 atom stereocenters. The van der Waals surface area contributed by atoms with Crippen LogP contribution in [0.1, 0.15) is 86.5 Å². The second kappa shape index (κ2) is 8.03. The maximum Gasteiger partial charge on any atom is 0.302 e. The second-order valence-corrected chi connectivity index (χ2v) is 12.7. The zero-order valence-corrected chi connectivity index (χ0v) is 21.3. The van der Waals surface area contributed by atoms with Gasteiger partial charge in [-0.05, 0) is 74.0 Å². The number of aliphatic hydroxyl groups excluding tert-OH is 1. The number of fused-ring (bicyclic) bond motifs is 5. The monoisotopic (exact) mass is 458 g/mol. The van der Waals surface area contributed by atoms with Gasteiger partial charge in [0.25, 0.3) is 0 Å². The molecule has 1 N–H and O–H groups in total. The Morgan fingerprint density at radius 3 is 2.39 bits per heavy atom. The lowest BCUT2D eigenvalue weighted by Crippen LogP contribution is -2.68. The van der Waals surface area contributed by atoms with Crippen LogP contribution in [0.25, 0.3) is 0 Å². The summed E-state index contributed by atoms with van der Waals surface area (Å²) in [7, 11) is 0. The first kappa shape index (κ1) is 24.6. The van der Waals surface area contributed by atoms with Gasteiger partial charge in [-0.25, -0.2) is 0 Å². The Morgan fingerprint density at radius 2 is 1.79 bits per heavy atom. The molecule has 0 spiro atoms. The Morgan fingerprint density at radius 1 is 1.09 bits per heavy atom. The van der Waals surface area contributed by atoms with Crippen LogP contribution in [0.3, 0.4) is 0 Å². The largest absolute Gasteiger partial charge is 0.465 e. The lowest BCUT2D eigenvalue weighted by molar-refractivity contribution is -0.246. The van der Waals surface area contributed by atoms with Crippen molar-refractivity contribution in [2.45, 2.75) is 92.6 Å². The van der Waals surface area contributed by atoms with Crippen molar-refractivity contribution in [1.29, 1.82) is 0 Å². The van der Waals surface area contributed by atoms with Crippen LogP contribution < -0.4 is 0 Å². The first-order valence-electron chi connectivity index (χ1n) is 12.8. The molecule has 3 saturated carbocycles. The molecule has 33 heavy (non-hydrogen) atoms. The van der Waals surface area contributed by atoms with Crippen molar-refractivity contribution in [2.24, 2.45) is 45.3 Å². The van der Waals surface area contributed by atoms with E-state index in [0.29, 0.717) is 30.9 Å². The first-order valence-corrected chi connectivity index (χ1v) is 12.8. The van der Waals surface area contributed by atoms with Gasteiger partial charge in [-0.2, -0.15) is 0 Å². The maximum atomic E-state index is 12.4. The first-order chi connectivity index (χ1) is 15.3. The summed E-state index contributed by atoms with van der Waals surface area (Å²) in [5.41, 5.74) is -0.206. The number of Topliss-reactive ketones (excluding diaryl/α,β-unsaturated/α-hetero) is 1. The van der Waals surface area contributed by atoms with Gasteiger partial charge in [0, 0.05) is 23.3 Å². The Balaban J connectivity index is 1.83. The Kier molecular flexibility index (Phi) is 6.00. The molecular formula is C28H42O5. The third-order valence-corrected chi connectivity index (χ3v) is 11.0. The number of aldehydes is 1. The lowest BCUT2D eigenvalue weighted by atomic mass is 9.34. The van der Waals surface area contributed by atoms with Gasteiger partial charge in [0.1, 0.15) is 6.29 Å². The van der Waals surface area contributed by atoms with E-state index in [9.17, 15) is 19.5 Å². The third-order valence-electron chi connectivity index (χ3n) is 11.0. The van der Waals surface area contributed by atoms with Crippen molar-refractivity contribution in [3.63, 3.8) is 0 Å². The second-order valence-electron chi connectivity index (χ2n) is 12.7. The number of ketones is 1. The Bertz CT molecular complexity index is 874. The maximum absolute atomic E-state index is 12.4. The van der Waals surface area contributed by atoms with Crippen LogP contribution in [-0.2, 0) is 19.1 Å². The van der Waals surface area contributed by atoms with Crippen LogP contribution in [-0.4, -0.2) is 35.9 Å². The standard InChI is InChI=1S/C28H42O5/c1-17(30)19-8-9-22-26(5)13-10-21-25(3,4)11-7-12-28(21,16-33-18(2)31)23(26)14-24(32)27(22,6)20(19)15-29/h8,15,20-24,32H,7,9-14,16H2,1-6H3/t20-,21-,22-,23-,24+,26-,27+,28+/m0/s1. The van der Waals surface area contributed by atoms with Crippen molar-refractivity contribution >= 4 is 18.0 Å². The Labute approximate surface area is 198 Å². The van der Waals surface area contributed by atoms with E-state index in [0.717, 1.165) is 32.0 Å². The van der Waals surface area contributed by atoms with Gasteiger partial charge in [-0.1, -0.05) is 40.2 Å². The van der Waals surface area contributed by atoms with Crippen molar-refractivity contribution in [3.8, 4) is 0 Å². The molecule has 0 radical (unpaired) electrons. The third kappa shape index (κ3) is 3.39. The van der Waals surface area contributed by atoms with Gasteiger partial charge in [-0.3, -0.25) is 9.59 Å². The number of rotatable bonds is 4. The summed E-state index contributed by atoms with van der Waals surface area (Å²) in [6.07, 6.45) is 8.87. The van der Waals surface area contributed by atoms with Gasteiger partial charge in [0.05, 0.1) is 18.6 Å². The summed E-state index contributed by atoms with van der Waals surface area (Å²) in [4.78, 5) is 36.6. The number of carbonyl (C=O) groups excluding carboxylic acids is 3. The number of allylic oxidation sites excluding steroid dienone is 2. The summed E-state index contributed by atoms with van der Waals surface area (Å²) in [6, 6.07) is 0. The summed E-state index contributed by atoms with van der Waals surface area (Å²) < 4.78 is 5.78. The predicted octanol–water partition coefficient (Wildman–Crippen LogP) is 4.90. The van der Waals surface area contributed by atoms with E-state index in [1.807, 2.05) is 13.0 Å². The van der Waals surface area contributed by atoms with Crippen LogP contribution in [0.4, 0.5) is 0 Å². The molecule has 4 aliphatic rings. The van der Waals surface area contributed by atoms with E-state index >= 15 is 0 Å². The van der Waals surface area contributed by atoms with Crippen LogP contribution in [0.15, 0.2) is 11.6 Å². The van der Waals surface area contributed by atoms with Crippen LogP contribution >= 0.6 is 0 Å². The number of carbonyl (C=O) groups is 3. The summed E-state index contributed by atoms with van der Waals surface area (Å²) in [6.45, 7) is 12.5. The molecule has 5 nitrogen and oxygen atoms in total. The number of aliphatic hydroxyl groups is 1. The van der Waals surface area contributed by atoms with E-state index in [2.05, 4.69) is 20.8 Å². The minimum atomic E-state index is -0.684. The van der Waals surface area contributed by atoms with Crippen molar-refractivity contribution in [3.05, 3.63) is 11.6 Å². The van der Waals surface area contributed by atoms with Gasteiger partial charge in [0.2, 0.25) is 0 Å². The molecule has 3 fully saturated rings. The highest BCUT2D eigenvalue weighted by molar-refractivity contribution is 5.97. The highest BCUT2D eigenvalue weighted by atomic mass is 16.5. The normalized spacial score (nSPS) is 46.2. The lowest BCUT2D eigenvalue weighted by Gasteiger charge is -2.70. The van der Waals surface area contributed by atoms with Gasteiger partial charge in [0.15, 0.2) is 5.78 Å². The molecule has 5 heteroatoms. The predicted molar refractivity (Wildman–Crippen MR) is 126 cm³/mol. The summed E-state index contributed by atoms with van der Waals surface area (Å²) in [5, 5.41) is 11.7. The van der Waals surface area contributed by atoms with E-state index in [1.165, 1.54) is 20.3 Å². The molecule has 0 aromatic heterocycles. The molecule has 0 unspecified atom stereocenters. The molecule has 184 valence electrons. The molecule has 4 aliphatic carbocycles. The molecular weight excluding hydrogens is 416 g/mol. The van der Waals surface area contributed by atoms with Crippen LogP contribution in [0.2, 0.25) is 0 Å². The molecule has 0 saturated heterocycles. The molecule has 0 aliphatic heterocycles. The SMILES string of the molecule is CC(=O)OC[C@]12CCCC(C)(C)[C@@H]1CC[C@]1(C)[C@@H]2C[C@@H](O)[C@]2(C)[C@@H](C=O)C(C(C)=O)=CC[C@@H]12. The van der Waals surface area contributed by atoms with E-state index in [1.54, 1.807) is 0 Å². The fraction of sp³-hybridized carbons (Fsp3) is 0.821. The van der Waals surface area contributed by atoms with E-state index < -0.39 is 17.4 Å². The van der Waals surface area contributed by atoms with Crippen molar-refractivity contribution in [2.75, 3.05) is 6.61 Å². The average Bonchev–Trinajstić information content (AvgIpc) is 2.72. The van der Waals surface area contributed by atoms with E-state index in [4.69, 9.17) is 4.74 Å². The number of ether oxygens (including phenoxy) is 1. The molecule has 0 bridgehead atoms. The van der Waals surface area contributed by atoms with Gasteiger partial charge in [-0.15, -0.1) is 0 Å². The molecule has 0 aromatic rings. The van der Waals surface area contributed by atoms with Gasteiger partial charge < -0.3 is 14.6 Å². The molecule has 0 aromatic carbocycles. The van der Waals surface area contributed by atoms with Crippen LogP contribution in [0.5, 0.6) is 0 Å². The molecule has 4 rings (SSSR count). The number of hydrogen-bond donors (Lipinski definition) is 1. The molecule has 0 heterocycles. The van der Waals surface area contributed by atoms with E-state index in [-0.39, 0.29) is 39.8 Å². The van der Waals surface area contributed by atoms with Crippen LogP contribution in [0, 0.1) is 45.3 Å². The molecule has 0 amide bonds. The smallest absolute Gasteiger partial charge is 0.302 e. The topological polar surface area (TPSA) is 80.7 Å². The quantitative estimate of drug-likeness (QED) is 0.479.